The zero-order valence-corrected chi connectivity index (χ0v) is 15.2. The molecule has 0 aromatic heterocycles. The molecule has 26 heavy (non-hydrogen) atoms. The highest BCUT2D eigenvalue weighted by Crippen LogP contribution is 2.49. The van der Waals surface area contributed by atoms with Crippen LogP contribution in [0, 0.1) is 0 Å². The number of hydrogen-bond acceptors (Lipinski definition) is 4. The fourth-order valence-electron chi connectivity index (χ4n) is 3.57. The predicted molar refractivity (Wildman–Crippen MR) is 112 cm³/mol. The molecule has 0 radical (unpaired) electrons. The van der Waals surface area contributed by atoms with E-state index in [1.165, 1.54) is 5.69 Å². The topological polar surface area (TPSA) is 44.5 Å². The van der Waals surface area contributed by atoms with Gasteiger partial charge in [-0.3, -0.25) is 0 Å². The van der Waals surface area contributed by atoms with Crippen molar-refractivity contribution in [2.24, 2.45) is 0 Å². The number of nitrogens with one attached hydrogen (secondary N) is 1. The van der Waals surface area contributed by atoms with Crippen molar-refractivity contribution in [3.05, 3.63) is 66.7 Å². The van der Waals surface area contributed by atoms with Gasteiger partial charge in [0.05, 0.1) is 22.7 Å². The van der Waals surface area contributed by atoms with Crippen molar-refractivity contribution in [3.8, 4) is 0 Å². The van der Waals surface area contributed by atoms with Gasteiger partial charge in [0.2, 0.25) is 0 Å². The Hall–Kier alpha value is -3.14. The highest BCUT2D eigenvalue weighted by Gasteiger charge is 2.25. The molecule has 4 nitrogen and oxygen atoms in total. The first-order valence-corrected chi connectivity index (χ1v) is 9.12. The molecule has 1 aliphatic heterocycles. The van der Waals surface area contributed by atoms with Gasteiger partial charge < -0.3 is 20.9 Å². The van der Waals surface area contributed by atoms with Crippen LogP contribution in [0.2, 0.25) is 0 Å². The van der Waals surface area contributed by atoms with Gasteiger partial charge in [0.1, 0.15) is 0 Å². The van der Waals surface area contributed by atoms with Gasteiger partial charge in [0.25, 0.3) is 0 Å². The third-order valence-electron chi connectivity index (χ3n) is 4.90. The monoisotopic (exact) mass is 344 g/mol. The molecule has 0 fully saturated rings. The maximum absolute atomic E-state index is 6.10. The number of fused-ring (bicyclic) bond motifs is 2. The predicted octanol–water partition coefficient (Wildman–Crippen LogP) is 5.64. The Labute approximate surface area is 154 Å². The van der Waals surface area contributed by atoms with Crippen molar-refractivity contribution in [1.82, 2.24) is 0 Å². The van der Waals surface area contributed by atoms with Crippen LogP contribution in [0.25, 0.3) is 0 Å². The minimum absolute atomic E-state index is 0.759. The van der Waals surface area contributed by atoms with Crippen LogP contribution in [-0.4, -0.2) is 13.1 Å². The van der Waals surface area contributed by atoms with E-state index in [2.05, 4.69) is 71.4 Å². The molecule has 3 aromatic rings. The highest BCUT2D eigenvalue weighted by molar-refractivity contribution is 5.98. The van der Waals surface area contributed by atoms with Crippen molar-refractivity contribution in [1.29, 1.82) is 0 Å². The van der Waals surface area contributed by atoms with Crippen molar-refractivity contribution in [3.63, 3.8) is 0 Å². The number of benzene rings is 3. The zero-order chi connectivity index (χ0) is 18.1. The average Bonchev–Trinajstić information content (AvgIpc) is 2.68. The Morgan fingerprint density at radius 3 is 2.19 bits per heavy atom. The summed E-state index contributed by atoms with van der Waals surface area (Å²) in [7, 11) is 0. The molecule has 0 unspecified atom stereocenters. The van der Waals surface area contributed by atoms with Crippen LogP contribution in [0.1, 0.15) is 13.8 Å². The number of rotatable bonds is 4. The van der Waals surface area contributed by atoms with E-state index in [0.717, 1.165) is 47.2 Å². The molecule has 0 spiro atoms. The molecule has 4 heteroatoms. The Morgan fingerprint density at radius 1 is 0.846 bits per heavy atom. The van der Waals surface area contributed by atoms with Crippen LogP contribution in [0.15, 0.2) is 66.7 Å². The van der Waals surface area contributed by atoms with E-state index in [1.54, 1.807) is 0 Å². The summed E-state index contributed by atoms with van der Waals surface area (Å²) in [5.74, 6) is 0. The Balaban J connectivity index is 1.91. The van der Waals surface area contributed by atoms with E-state index in [1.807, 2.05) is 24.3 Å². The Morgan fingerprint density at radius 2 is 1.50 bits per heavy atom. The van der Waals surface area contributed by atoms with Crippen LogP contribution in [0.5, 0.6) is 0 Å². The normalized spacial score (nSPS) is 12.2. The van der Waals surface area contributed by atoms with E-state index < -0.39 is 0 Å². The van der Waals surface area contributed by atoms with Gasteiger partial charge in [-0.05, 0) is 62.4 Å². The van der Waals surface area contributed by atoms with Gasteiger partial charge in [0.15, 0.2) is 0 Å². The first kappa shape index (κ1) is 16.3. The molecule has 0 aliphatic carbocycles. The molecule has 0 saturated carbocycles. The summed E-state index contributed by atoms with van der Waals surface area (Å²) in [6.45, 7) is 6.34. The minimum atomic E-state index is 0.759. The highest BCUT2D eigenvalue weighted by atomic mass is 15.2. The van der Waals surface area contributed by atoms with E-state index in [0.29, 0.717) is 0 Å². The van der Waals surface area contributed by atoms with Crippen molar-refractivity contribution in [2.45, 2.75) is 13.8 Å². The fraction of sp³-hybridized carbons (Fsp3) is 0.182. The molecule has 1 heterocycles. The van der Waals surface area contributed by atoms with Crippen LogP contribution in [0.4, 0.5) is 39.8 Å². The number of nitrogens with two attached hydrogens (primary N) is 1. The number of nitrogens with zero attached hydrogens (tertiary/aromatic N) is 2. The number of hydrogen-bond donors (Lipinski definition) is 2. The summed E-state index contributed by atoms with van der Waals surface area (Å²) in [4.78, 5) is 4.64. The first-order valence-electron chi connectivity index (χ1n) is 9.12. The fourth-order valence-corrected chi connectivity index (χ4v) is 3.57. The number of para-hydroxylation sites is 1. The second-order valence-corrected chi connectivity index (χ2v) is 6.45. The van der Waals surface area contributed by atoms with Crippen LogP contribution >= 0.6 is 0 Å². The molecule has 0 atom stereocenters. The SMILES string of the molecule is CCN(CC)c1ccc2c(c1)N(c1ccccc1)c1cc(N)ccc1N2. The quantitative estimate of drug-likeness (QED) is 0.470. The first-order chi connectivity index (χ1) is 12.7. The summed E-state index contributed by atoms with van der Waals surface area (Å²) in [5, 5.41) is 3.55. The lowest BCUT2D eigenvalue weighted by Gasteiger charge is -2.35. The lowest BCUT2D eigenvalue weighted by Crippen LogP contribution is -2.23. The summed E-state index contributed by atoms with van der Waals surface area (Å²) in [5.41, 5.74) is 13.6. The van der Waals surface area contributed by atoms with E-state index in [4.69, 9.17) is 5.73 Å². The molecule has 4 rings (SSSR count). The zero-order valence-electron chi connectivity index (χ0n) is 15.2. The van der Waals surface area contributed by atoms with Crippen molar-refractivity contribution < 1.29 is 0 Å². The van der Waals surface area contributed by atoms with Crippen molar-refractivity contribution >= 4 is 39.8 Å². The Kier molecular flexibility index (Phi) is 4.17. The second-order valence-electron chi connectivity index (χ2n) is 6.45. The number of nitrogen functional groups attached to an aromatic ring is 1. The van der Waals surface area contributed by atoms with Gasteiger partial charge in [-0.2, -0.15) is 0 Å². The smallest absolute Gasteiger partial charge is 0.0718 e. The molecule has 0 saturated heterocycles. The molecule has 3 N–H and O–H groups in total. The van der Waals surface area contributed by atoms with Gasteiger partial charge in [0, 0.05) is 30.2 Å². The lowest BCUT2D eigenvalue weighted by atomic mass is 10.1. The molecular weight excluding hydrogens is 320 g/mol. The molecule has 3 aromatic carbocycles. The van der Waals surface area contributed by atoms with Gasteiger partial charge >= 0.3 is 0 Å². The third-order valence-corrected chi connectivity index (χ3v) is 4.90. The van der Waals surface area contributed by atoms with Crippen molar-refractivity contribution in [2.75, 3.05) is 33.9 Å². The van der Waals surface area contributed by atoms with E-state index in [-0.39, 0.29) is 0 Å². The van der Waals surface area contributed by atoms with Gasteiger partial charge in [-0.1, -0.05) is 18.2 Å². The molecule has 132 valence electrons. The van der Waals surface area contributed by atoms with Crippen LogP contribution in [-0.2, 0) is 0 Å². The minimum Gasteiger partial charge on any atom is -0.399 e. The van der Waals surface area contributed by atoms with Gasteiger partial charge in [-0.25, -0.2) is 0 Å². The van der Waals surface area contributed by atoms with E-state index in [9.17, 15) is 0 Å². The maximum Gasteiger partial charge on any atom is 0.0718 e. The van der Waals surface area contributed by atoms with Crippen LogP contribution in [0.3, 0.4) is 0 Å². The molecule has 1 aliphatic rings. The second kappa shape index (κ2) is 6.64. The van der Waals surface area contributed by atoms with Crippen LogP contribution < -0.4 is 20.9 Å². The standard InChI is InChI=1S/C22H24N4/c1-3-25(4-2)18-11-13-20-22(15-18)26(17-8-6-5-7-9-17)21-14-16(23)10-12-19(21)24-20/h5-15,24H,3-4,23H2,1-2H3. The molecule has 0 bridgehead atoms. The molecular formula is C22H24N4. The summed E-state index contributed by atoms with van der Waals surface area (Å²) >= 11 is 0. The summed E-state index contributed by atoms with van der Waals surface area (Å²) in [6, 6.07) is 23.1. The largest absolute Gasteiger partial charge is 0.399 e. The lowest BCUT2D eigenvalue weighted by molar-refractivity contribution is 0.866. The summed E-state index contributed by atoms with van der Waals surface area (Å²) < 4.78 is 0. The molecule has 0 amide bonds. The van der Waals surface area contributed by atoms with E-state index >= 15 is 0 Å². The average molecular weight is 344 g/mol. The maximum atomic E-state index is 6.10. The van der Waals surface area contributed by atoms with Gasteiger partial charge in [-0.15, -0.1) is 0 Å². The third kappa shape index (κ3) is 2.73. The summed E-state index contributed by atoms with van der Waals surface area (Å²) in [6.07, 6.45) is 0. The number of anilines is 7. The Bertz CT molecular complexity index is 917.